The topological polar surface area (TPSA) is 81.9 Å². The Labute approximate surface area is 144 Å². The van der Waals surface area contributed by atoms with Gasteiger partial charge in [0, 0.05) is 43.4 Å². The van der Waals surface area contributed by atoms with Gasteiger partial charge in [-0.2, -0.15) is 0 Å². The minimum absolute atomic E-state index is 0.00472. The van der Waals surface area contributed by atoms with E-state index in [9.17, 15) is 14.7 Å². The molecular weight excluding hydrogens is 366 g/mol. The van der Waals surface area contributed by atoms with Gasteiger partial charge in [0.05, 0.1) is 17.6 Å². The molecule has 1 aliphatic heterocycles. The summed E-state index contributed by atoms with van der Waals surface area (Å²) in [6.45, 7) is 0.928. The summed E-state index contributed by atoms with van der Waals surface area (Å²) in [5.74, 6) is 0.547. The summed E-state index contributed by atoms with van der Waals surface area (Å²) >= 11 is 11.5. The minimum atomic E-state index is -3.48. The van der Waals surface area contributed by atoms with Gasteiger partial charge in [-0.05, 0) is 17.7 Å². The van der Waals surface area contributed by atoms with Crippen LogP contribution in [0.4, 0.5) is 5.69 Å². The van der Waals surface area contributed by atoms with E-state index < -0.39 is 18.8 Å². The summed E-state index contributed by atoms with van der Waals surface area (Å²) in [7, 11) is -3.48. The molecule has 0 aliphatic carbocycles. The van der Waals surface area contributed by atoms with Crippen molar-refractivity contribution in [3.05, 3.63) is 39.9 Å². The van der Waals surface area contributed by atoms with Crippen LogP contribution in [0.3, 0.4) is 0 Å². The summed E-state index contributed by atoms with van der Waals surface area (Å²) in [6.07, 6.45) is 0.0562. The maximum atomic E-state index is 12.9. The van der Waals surface area contributed by atoms with Gasteiger partial charge in [-0.15, -0.1) is 23.2 Å². The Balaban J connectivity index is 2.15. The van der Waals surface area contributed by atoms with Gasteiger partial charge in [0.25, 0.3) is 5.69 Å². The molecule has 2 rings (SSSR count). The number of benzene rings is 1. The summed E-state index contributed by atoms with van der Waals surface area (Å²) in [4.78, 5) is 10.2. The van der Waals surface area contributed by atoms with Crippen molar-refractivity contribution in [1.29, 1.82) is 0 Å². The average Bonchev–Trinajstić information content (AvgIpc) is 2.55. The number of hydrogen-bond acceptors (Lipinski definition) is 5. The van der Waals surface area contributed by atoms with E-state index >= 15 is 0 Å². The van der Waals surface area contributed by atoms with Gasteiger partial charge in [-0.25, -0.2) is 9.24 Å². The van der Waals surface area contributed by atoms with Crippen LogP contribution in [0, 0.1) is 10.1 Å². The van der Waals surface area contributed by atoms with Crippen LogP contribution in [0.15, 0.2) is 24.3 Å². The molecule has 1 saturated heterocycles. The third kappa shape index (κ3) is 4.66. The summed E-state index contributed by atoms with van der Waals surface area (Å²) in [6, 6.07) is 6.00. The normalized spacial score (nSPS) is 24.7. The highest BCUT2D eigenvalue weighted by atomic mass is 35.5. The van der Waals surface area contributed by atoms with E-state index in [1.165, 1.54) is 16.8 Å². The smallest absolute Gasteiger partial charge is 0.296 e. The first-order chi connectivity index (χ1) is 11.0. The number of halogens is 2. The molecule has 2 atom stereocenters. The van der Waals surface area contributed by atoms with Crippen LogP contribution in [0.2, 0.25) is 0 Å². The summed E-state index contributed by atoms with van der Waals surface area (Å²) < 4.78 is 25.5. The van der Waals surface area contributed by atoms with Gasteiger partial charge in [0.2, 0.25) is 0 Å². The molecule has 0 amide bonds. The highest BCUT2D eigenvalue weighted by molar-refractivity contribution is 7.51. The number of nitro groups is 1. The van der Waals surface area contributed by atoms with Crippen molar-refractivity contribution in [1.82, 2.24) is 4.67 Å². The first-order valence-electron chi connectivity index (χ1n) is 7.05. The molecule has 1 aliphatic rings. The molecule has 0 spiro atoms. The van der Waals surface area contributed by atoms with E-state index in [0.717, 1.165) is 5.56 Å². The summed E-state index contributed by atoms with van der Waals surface area (Å²) in [5, 5.41) is 10.7. The zero-order chi connectivity index (χ0) is 16.9. The number of nitro benzene ring substituents is 1. The average molecular weight is 383 g/mol. The second-order valence-corrected chi connectivity index (χ2v) is 7.59. The van der Waals surface area contributed by atoms with Crippen LogP contribution in [-0.2, 0) is 13.6 Å². The lowest BCUT2D eigenvalue weighted by Crippen LogP contribution is -2.30. The maximum absolute atomic E-state index is 12.9. The Kier molecular flexibility index (Phi) is 6.83. The molecule has 10 heteroatoms. The van der Waals surface area contributed by atoms with Gasteiger partial charge in [0.1, 0.15) is 0 Å². The van der Waals surface area contributed by atoms with Crippen molar-refractivity contribution in [3.63, 3.8) is 0 Å². The molecule has 2 unspecified atom stereocenters. The molecule has 0 saturated carbocycles. The largest absolute Gasteiger partial charge is 0.408 e. The van der Waals surface area contributed by atoms with Crippen molar-refractivity contribution in [2.45, 2.75) is 12.5 Å². The fourth-order valence-corrected chi connectivity index (χ4v) is 4.83. The second kappa shape index (κ2) is 8.42. The van der Waals surface area contributed by atoms with Crippen molar-refractivity contribution in [3.8, 4) is 0 Å². The Morgan fingerprint density at radius 1 is 1.26 bits per heavy atom. The lowest BCUT2D eigenvalue weighted by atomic mass is 10.1. The SMILES string of the molecule is O=[N+]([O-])c1ccc(C2CCOP(=O)(N(CCCl)CCCl)O2)cc1. The van der Waals surface area contributed by atoms with Gasteiger partial charge < -0.3 is 0 Å². The predicted molar refractivity (Wildman–Crippen MR) is 88.1 cm³/mol. The van der Waals surface area contributed by atoms with Gasteiger partial charge in [-0.3, -0.25) is 19.2 Å². The van der Waals surface area contributed by atoms with E-state index in [1.54, 1.807) is 12.1 Å². The lowest BCUT2D eigenvalue weighted by Gasteiger charge is -2.35. The van der Waals surface area contributed by atoms with Crippen LogP contribution < -0.4 is 0 Å². The van der Waals surface area contributed by atoms with Crippen LogP contribution in [0.5, 0.6) is 0 Å². The lowest BCUT2D eigenvalue weighted by molar-refractivity contribution is -0.384. The number of rotatable bonds is 7. The van der Waals surface area contributed by atoms with Gasteiger partial charge in [0.15, 0.2) is 0 Å². The molecule has 23 heavy (non-hydrogen) atoms. The molecular formula is C13H17Cl2N2O5P. The monoisotopic (exact) mass is 382 g/mol. The third-order valence-corrected chi connectivity index (χ3v) is 5.86. The zero-order valence-corrected chi connectivity index (χ0v) is 14.7. The third-order valence-electron chi connectivity index (χ3n) is 3.40. The summed E-state index contributed by atoms with van der Waals surface area (Å²) in [5.41, 5.74) is 0.714. The van der Waals surface area contributed by atoms with E-state index in [4.69, 9.17) is 32.2 Å². The molecule has 1 aromatic carbocycles. The molecule has 0 N–H and O–H groups in total. The van der Waals surface area contributed by atoms with Gasteiger partial charge in [-0.1, -0.05) is 0 Å². The van der Waals surface area contributed by atoms with Crippen molar-refractivity contribution in [2.24, 2.45) is 0 Å². The molecule has 0 bridgehead atoms. The van der Waals surface area contributed by atoms with Gasteiger partial charge >= 0.3 is 7.75 Å². The number of hydrogen-bond donors (Lipinski definition) is 0. The second-order valence-electron chi connectivity index (χ2n) is 4.86. The molecule has 128 valence electrons. The van der Waals surface area contributed by atoms with Crippen LogP contribution in [0.1, 0.15) is 18.1 Å². The number of alkyl halides is 2. The number of nitrogens with zero attached hydrogens (tertiary/aromatic N) is 2. The highest BCUT2D eigenvalue weighted by Crippen LogP contribution is 2.58. The molecule has 0 radical (unpaired) electrons. The molecule has 1 heterocycles. The van der Waals surface area contributed by atoms with E-state index in [2.05, 4.69) is 0 Å². The fraction of sp³-hybridized carbons (Fsp3) is 0.538. The Hall–Kier alpha value is -0.690. The Bertz CT molecular complexity index is 580. The Morgan fingerprint density at radius 2 is 1.87 bits per heavy atom. The predicted octanol–water partition coefficient (Wildman–Crippen LogP) is 3.96. The quantitative estimate of drug-likeness (QED) is 0.307. The van der Waals surface area contributed by atoms with Crippen LogP contribution >= 0.6 is 30.9 Å². The molecule has 1 aromatic rings. The zero-order valence-electron chi connectivity index (χ0n) is 12.3. The van der Waals surface area contributed by atoms with Crippen molar-refractivity contribution < 1.29 is 18.5 Å². The first kappa shape index (κ1) is 18.6. The Morgan fingerprint density at radius 3 is 2.39 bits per heavy atom. The minimum Gasteiger partial charge on any atom is -0.296 e. The van der Waals surface area contributed by atoms with E-state index in [-0.39, 0.29) is 24.1 Å². The molecule has 0 aromatic heterocycles. The van der Waals surface area contributed by atoms with Crippen LogP contribution in [0.25, 0.3) is 0 Å². The first-order valence-corrected chi connectivity index (χ1v) is 9.61. The van der Waals surface area contributed by atoms with E-state index in [0.29, 0.717) is 19.5 Å². The fourth-order valence-electron chi connectivity index (χ4n) is 2.26. The highest BCUT2D eigenvalue weighted by Gasteiger charge is 2.39. The standard InChI is InChI=1S/C13H17Cl2N2O5P/c14-6-8-16(9-7-15)23(20)21-10-5-13(22-23)11-1-3-12(4-2-11)17(18)19/h1-4,13H,5-10H2. The maximum Gasteiger partial charge on any atom is 0.408 e. The van der Waals surface area contributed by atoms with E-state index in [1.807, 2.05) is 0 Å². The molecule has 1 fully saturated rings. The van der Waals surface area contributed by atoms with Crippen LogP contribution in [-0.4, -0.2) is 41.1 Å². The molecule has 7 nitrogen and oxygen atoms in total. The number of non-ortho nitro benzene ring substituents is 1. The van der Waals surface area contributed by atoms with Crippen molar-refractivity contribution in [2.75, 3.05) is 31.5 Å². The van der Waals surface area contributed by atoms with Crippen molar-refractivity contribution >= 4 is 36.6 Å².